The third-order valence-electron chi connectivity index (χ3n) is 4.84. The smallest absolute Gasteiger partial charge is 0.407 e. The van der Waals surface area contributed by atoms with Crippen molar-refractivity contribution in [2.24, 2.45) is 5.92 Å². The first kappa shape index (κ1) is 24.4. The van der Waals surface area contributed by atoms with Crippen molar-refractivity contribution in [3.8, 4) is 22.6 Å². The van der Waals surface area contributed by atoms with Crippen molar-refractivity contribution in [3.05, 3.63) is 36.0 Å². The molecule has 0 radical (unpaired) electrons. The number of rotatable bonds is 7. The molecule has 0 aliphatic carbocycles. The minimum atomic E-state index is -0.561. The van der Waals surface area contributed by atoms with Crippen LogP contribution in [0, 0.1) is 5.92 Å². The van der Waals surface area contributed by atoms with Gasteiger partial charge < -0.3 is 24.8 Å². The monoisotopic (exact) mass is 455 g/mol. The summed E-state index contributed by atoms with van der Waals surface area (Å²) in [7, 11) is 0. The number of amides is 2. The molecule has 0 spiro atoms. The minimum absolute atomic E-state index is 0.172. The normalized spacial score (nSPS) is 13.3. The van der Waals surface area contributed by atoms with Crippen molar-refractivity contribution < 1.29 is 23.8 Å². The van der Waals surface area contributed by atoms with Crippen LogP contribution in [-0.4, -0.2) is 35.2 Å². The Kier molecular flexibility index (Phi) is 7.46. The Morgan fingerprint density at radius 2 is 1.94 bits per heavy atom. The van der Waals surface area contributed by atoms with Gasteiger partial charge in [0.2, 0.25) is 5.91 Å². The maximum atomic E-state index is 12.2. The van der Waals surface area contributed by atoms with E-state index in [0.29, 0.717) is 36.4 Å². The zero-order valence-electron chi connectivity index (χ0n) is 20.2. The summed E-state index contributed by atoms with van der Waals surface area (Å²) >= 11 is 0. The quantitative estimate of drug-likeness (QED) is 0.615. The number of benzene rings is 1. The summed E-state index contributed by atoms with van der Waals surface area (Å²) in [6.45, 7) is 11.8. The maximum absolute atomic E-state index is 12.2. The van der Waals surface area contributed by atoms with Crippen LogP contribution >= 0.6 is 0 Å². The summed E-state index contributed by atoms with van der Waals surface area (Å²) in [5, 5.41) is 5.63. The highest BCUT2D eigenvalue weighted by molar-refractivity contribution is 5.89. The summed E-state index contributed by atoms with van der Waals surface area (Å²) in [5.41, 5.74) is 2.26. The van der Waals surface area contributed by atoms with Gasteiger partial charge in [-0.3, -0.25) is 4.79 Å². The molecular formula is C25H33N3O5. The van der Waals surface area contributed by atoms with Crippen LogP contribution in [-0.2, 0) is 16.1 Å². The van der Waals surface area contributed by atoms with E-state index in [1.807, 2.05) is 45.0 Å². The molecule has 178 valence electrons. The average Bonchev–Trinajstić information content (AvgIpc) is 2.69. The van der Waals surface area contributed by atoms with E-state index in [1.165, 1.54) is 6.92 Å². The predicted molar refractivity (Wildman–Crippen MR) is 126 cm³/mol. The number of alkyl carbamates (subject to hydrolysis) is 1. The molecular weight excluding hydrogens is 422 g/mol. The molecule has 8 heteroatoms. The van der Waals surface area contributed by atoms with Gasteiger partial charge in [0, 0.05) is 30.3 Å². The van der Waals surface area contributed by atoms with Crippen LogP contribution in [0.3, 0.4) is 0 Å². The molecule has 0 bridgehead atoms. The second-order valence-corrected chi connectivity index (χ2v) is 9.64. The van der Waals surface area contributed by atoms with Crippen LogP contribution < -0.4 is 20.1 Å². The summed E-state index contributed by atoms with van der Waals surface area (Å²) in [5.74, 6) is 2.05. The van der Waals surface area contributed by atoms with Crippen molar-refractivity contribution in [1.82, 2.24) is 10.3 Å². The van der Waals surface area contributed by atoms with Gasteiger partial charge in [0.1, 0.15) is 36.1 Å². The molecule has 0 saturated heterocycles. The van der Waals surface area contributed by atoms with Gasteiger partial charge in [0.15, 0.2) is 0 Å². The number of hydrogen-bond donors (Lipinski definition) is 2. The third kappa shape index (κ3) is 7.10. The second kappa shape index (κ2) is 10.1. The van der Waals surface area contributed by atoms with Gasteiger partial charge in [-0.25, -0.2) is 9.78 Å². The van der Waals surface area contributed by atoms with Crippen molar-refractivity contribution in [1.29, 1.82) is 0 Å². The van der Waals surface area contributed by atoms with Crippen molar-refractivity contribution >= 4 is 17.8 Å². The molecule has 3 rings (SSSR count). The number of nitrogens with zero attached hydrogens (tertiary/aromatic N) is 1. The number of hydrogen-bond acceptors (Lipinski definition) is 6. The van der Waals surface area contributed by atoms with Gasteiger partial charge >= 0.3 is 6.09 Å². The number of aromatic nitrogens is 1. The lowest BCUT2D eigenvalue weighted by Gasteiger charge is -2.25. The van der Waals surface area contributed by atoms with E-state index in [1.54, 1.807) is 6.20 Å². The number of nitrogens with one attached hydrogen (secondary N) is 2. The van der Waals surface area contributed by atoms with Crippen molar-refractivity contribution in [2.45, 2.75) is 66.2 Å². The molecule has 2 heterocycles. The molecule has 33 heavy (non-hydrogen) atoms. The standard InChI is InChI=1S/C25H33N3O5/c1-15(2)9-18(28-24(30)33-25(4,5)6)14-31-19-7-8-20-21-11-23(27-16(3)29)26-12-17(21)13-32-22(20)10-19/h7-8,10-12,15,18H,9,13-14H2,1-6H3,(H,28,30)(H,26,27,29). The zero-order chi connectivity index (χ0) is 24.2. The molecule has 2 N–H and O–H groups in total. The van der Waals surface area contributed by atoms with Crippen LogP contribution in [0.15, 0.2) is 30.5 Å². The summed E-state index contributed by atoms with van der Waals surface area (Å²) in [6, 6.07) is 7.30. The summed E-state index contributed by atoms with van der Waals surface area (Å²) < 4.78 is 17.3. The molecule has 1 aromatic heterocycles. The molecule has 1 aliphatic heterocycles. The number of pyridine rings is 1. The predicted octanol–water partition coefficient (Wildman–Crippen LogP) is 4.92. The van der Waals surface area contributed by atoms with Gasteiger partial charge in [-0.15, -0.1) is 0 Å². The second-order valence-electron chi connectivity index (χ2n) is 9.64. The van der Waals surface area contributed by atoms with E-state index in [2.05, 4.69) is 29.5 Å². The topological polar surface area (TPSA) is 98.8 Å². The Morgan fingerprint density at radius 3 is 2.61 bits per heavy atom. The van der Waals surface area contributed by atoms with Crippen LogP contribution in [0.1, 0.15) is 53.5 Å². The van der Waals surface area contributed by atoms with Crippen LogP contribution in [0.5, 0.6) is 11.5 Å². The van der Waals surface area contributed by atoms with Gasteiger partial charge in [0.25, 0.3) is 0 Å². The first-order chi connectivity index (χ1) is 15.5. The molecule has 1 aliphatic rings. The minimum Gasteiger partial charge on any atom is -0.491 e. The van der Waals surface area contributed by atoms with Crippen LogP contribution in [0.25, 0.3) is 11.1 Å². The Balaban J connectivity index is 1.71. The Labute approximate surface area is 195 Å². The highest BCUT2D eigenvalue weighted by Gasteiger charge is 2.22. The lowest BCUT2D eigenvalue weighted by Crippen LogP contribution is -2.42. The average molecular weight is 456 g/mol. The van der Waals surface area contributed by atoms with E-state index in [-0.39, 0.29) is 11.9 Å². The van der Waals surface area contributed by atoms with Gasteiger partial charge in [-0.2, -0.15) is 0 Å². The Morgan fingerprint density at radius 1 is 1.18 bits per heavy atom. The number of carbonyl (C=O) groups excluding carboxylic acids is 2. The SMILES string of the molecule is CC(=O)Nc1cc2c(cn1)COc1cc(OCC(CC(C)C)NC(=O)OC(C)(C)C)ccc1-2. The first-order valence-electron chi connectivity index (χ1n) is 11.2. The van der Waals surface area contributed by atoms with E-state index in [9.17, 15) is 9.59 Å². The largest absolute Gasteiger partial charge is 0.491 e. The third-order valence-corrected chi connectivity index (χ3v) is 4.84. The lowest BCUT2D eigenvalue weighted by atomic mass is 9.98. The van der Waals surface area contributed by atoms with E-state index < -0.39 is 11.7 Å². The van der Waals surface area contributed by atoms with E-state index in [0.717, 1.165) is 23.1 Å². The van der Waals surface area contributed by atoms with Crippen molar-refractivity contribution in [2.75, 3.05) is 11.9 Å². The van der Waals surface area contributed by atoms with Gasteiger partial charge in [-0.05, 0) is 56.9 Å². The van der Waals surface area contributed by atoms with E-state index >= 15 is 0 Å². The van der Waals surface area contributed by atoms with Crippen LogP contribution in [0.2, 0.25) is 0 Å². The first-order valence-corrected chi connectivity index (χ1v) is 11.2. The maximum Gasteiger partial charge on any atom is 0.407 e. The highest BCUT2D eigenvalue weighted by atomic mass is 16.6. The molecule has 1 unspecified atom stereocenters. The molecule has 8 nitrogen and oxygen atoms in total. The van der Waals surface area contributed by atoms with Crippen molar-refractivity contribution in [3.63, 3.8) is 0 Å². The molecule has 2 aromatic rings. The van der Waals surface area contributed by atoms with Crippen LogP contribution in [0.4, 0.5) is 10.6 Å². The lowest BCUT2D eigenvalue weighted by molar-refractivity contribution is -0.114. The molecule has 0 fully saturated rings. The number of anilines is 1. The molecule has 1 aromatic carbocycles. The number of carbonyl (C=O) groups is 2. The fourth-order valence-electron chi connectivity index (χ4n) is 3.60. The molecule has 0 saturated carbocycles. The molecule has 1 atom stereocenters. The number of fused-ring (bicyclic) bond motifs is 3. The summed E-state index contributed by atoms with van der Waals surface area (Å²) in [6.07, 6.45) is 2.02. The summed E-state index contributed by atoms with van der Waals surface area (Å²) in [4.78, 5) is 27.9. The van der Waals surface area contributed by atoms with Gasteiger partial charge in [0.05, 0.1) is 6.04 Å². The Hall–Kier alpha value is -3.29. The van der Waals surface area contributed by atoms with Gasteiger partial charge in [-0.1, -0.05) is 13.8 Å². The fourth-order valence-corrected chi connectivity index (χ4v) is 3.60. The zero-order valence-corrected chi connectivity index (χ0v) is 20.2. The van der Waals surface area contributed by atoms with E-state index in [4.69, 9.17) is 14.2 Å². The highest BCUT2D eigenvalue weighted by Crippen LogP contribution is 2.40. The number of ether oxygens (including phenoxy) is 3. The fraction of sp³-hybridized carbons (Fsp3) is 0.480. The Bertz CT molecular complexity index is 1010. The molecule has 2 amide bonds.